The van der Waals surface area contributed by atoms with E-state index in [0.717, 1.165) is 0 Å². The van der Waals surface area contributed by atoms with Gasteiger partial charge in [0.1, 0.15) is 11.9 Å². The van der Waals surface area contributed by atoms with Gasteiger partial charge in [0.2, 0.25) is 0 Å². The maximum Gasteiger partial charge on any atom is 0.334 e. The van der Waals surface area contributed by atoms with Crippen LogP contribution in [0.2, 0.25) is 0 Å². The van der Waals surface area contributed by atoms with E-state index in [1.165, 1.54) is 0 Å². The first-order valence-corrected chi connectivity index (χ1v) is 6.95. The summed E-state index contributed by atoms with van der Waals surface area (Å²) in [4.78, 5) is 23.9. The number of ketones is 1. The Morgan fingerprint density at radius 1 is 1.42 bits per heavy atom. The third kappa shape index (κ3) is 1.43. The topological polar surface area (TPSA) is 63.6 Å². The molecule has 19 heavy (non-hydrogen) atoms. The largest absolute Gasteiger partial charge is 0.458 e. The van der Waals surface area contributed by atoms with Gasteiger partial charge >= 0.3 is 5.97 Å². The highest BCUT2D eigenvalue weighted by atomic mass is 16.6. The summed E-state index contributed by atoms with van der Waals surface area (Å²) in [7, 11) is 0. The quantitative estimate of drug-likeness (QED) is 0.533. The molecule has 104 valence electrons. The first-order chi connectivity index (χ1) is 8.79. The molecule has 2 aliphatic carbocycles. The normalized spacial score (nSPS) is 49.6. The summed E-state index contributed by atoms with van der Waals surface area (Å²) in [5.74, 6) is -0.426. The van der Waals surface area contributed by atoms with Crippen molar-refractivity contribution in [1.82, 2.24) is 0 Å². The molecule has 0 aromatic carbocycles. The van der Waals surface area contributed by atoms with Crippen LogP contribution in [-0.4, -0.2) is 28.6 Å². The average Bonchev–Trinajstić information content (AvgIpc) is 2.70. The fraction of sp³-hybridized carbons (Fsp3) is 0.733. The van der Waals surface area contributed by atoms with Gasteiger partial charge in [-0.25, -0.2) is 4.79 Å². The van der Waals surface area contributed by atoms with Crippen LogP contribution in [0.25, 0.3) is 0 Å². The van der Waals surface area contributed by atoms with Crippen molar-refractivity contribution in [3.05, 3.63) is 12.2 Å². The average molecular weight is 264 g/mol. The van der Waals surface area contributed by atoms with Crippen molar-refractivity contribution in [3.8, 4) is 0 Å². The molecule has 3 rings (SSSR count). The van der Waals surface area contributed by atoms with Gasteiger partial charge in [-0.2, -0.15) is 0 Å². The third-order valence-corrected chi connectivity index (χ3v) is 5.75. The maximum atomic E-state index is 12.3. The number of Topliss-reactive ketones (excluding diaryl/α,β-unsaturated/α-hetero) is 1. The van der Waals surface area contributed by atoms with Crippen LogP contribution in [-0.2, 0) is 14.3 Å². The van der Waals surface area contributed by atoms with Crippen LogP contribution in [0, 0.1) is 17.3 Å². The van der Waals surface area contributed by atoms with Crippen LogP contribution >= 0.6 is 0 Å². The molecule has 1 N–H and O–H groups in total. The Morgan fingerprint density at radius 2 is 2.11 bits per heavy atom. The fourth-order valence-electron chi connectivity index (χ4n) is 4.30. The second-order valence-electron chi connectivity index (χ2n) is 6.60. The summed E-state index contributed by atoms with van der Waals surface area (Å²) in [6.45, 7) is 7.61. The number of carbonyl (C=O) groups excluding carboxylic acids is 2. The molecule has 3 aliphatic rings. The predicted octanol–water partition coefficient (Wildman–Crippen LogP) is 1.61. The van der Waals surface area contributed by atoms with Gasteiger partial charge in [0.25, 0.3) is 0 Å². The molecule has 3 fully saturated rings. The summed E-state index contributed by atoms with van der Waals surface area (Å²) in [6.07, 6.45) is 1.80. The standard InChI is InChI=1S/C15H20O4/c1-8-6-11-10(9(2)13(17)19-11)7-14(3)12(16)4-5-15(8,14)18/h8,10-11,18H,2,4-7H2,1,3H3/t8-,10-,11+,14-,15-/m0/s1. The van der Waals surface area contributed by atoms with Gasteiger partial charge in [0.15, 0.2) is 0 Å². The van der Waals surface area contributed by atoms with Crippen LogP contribution in [0.1, 0.15) is 39.5 Å². The molecule has 5 atom stereocenters. The van der Waals surface area contributed by atoms with Gasteiger partial charge < -0.3 is 9.84 Å². The van der Waals surface area contributed by atoms with E-state index in [1.807, 2.05) is 13.8 Å². The Labute approximate surface area is 112 Å². The molecule has 0 aromatic heterocycles. The molecule has 4 heteroatoms. The Kier molecular flexibility index (Phi) is 2.50. The van der Waals surface area contributed by atoms with E-state index in [0.29, 0.717) is 31.3 Å². The first-order valence-electron chi connectivity index (χ1n) is 6.95. The summed E-state index contributed by atoms with van der Waals surface area (Å²) in [5.41, 5.74) is -1.29. The van der Waals surface area contributed by atoms with Crippen LogP contribution in [0.15, 0.2) is 12.2 Å². The number of fused-ring (bicyclic) bond motifs is 2. The Bertz CT molecular complexity index is 483. The van der Waals surface area contributed by atoms with Gasteiger partial charge in [0.05, 0.1) is 11.0 Å². The van der Waals surface area contributed by atoms with Crippen LogP contribution < -0.4 is 0 Å². The fourth-order valence-corrected chi connectivity index (χ4v) is 4.30. The van der Waals surface area contributed by atoms with Gasteiger partial charge in [-0.05, 0) is 32.1 Å². The van der Waals surface area contributed by atoms with Gasteiger partial charge in [0, 0.05) is 17.9 Å². The van der Waals surface area contributed by atoms with E-state index in [1.54, 1.807) is 0 Å². The zero-order valence-corrected chi connectivity index (χ0v) is 11.4. The lowest BCUT2D eigenvalue weighted by atomic mass is 9.66. The lowest BCUT2D eigenvalue weighted by molar-refractivity contribution is -0.144. The summed E-state index contributed by atoms with van der Waals surface area (Å²) >= 11 is 0. The lowest BCUT2D eigenvalue weighted by Crippen LogP contribution is -2.49. The summed E-state index contributed by atoms with van der Waals surface area (Å²) in [6, 6.07) is 0. The molecule has 0 radical (unpaired) electrons. The third-order valence-electron chi connectivity index (χ3n) is 5.75. The lowest BCUT2D eigenvalue weighted by Gasteiger charge is -2.41. The predicted molar refractivity (Wildman–Crippen MR) is 68.2 cm³/mol. The van der Waals surface area contributed by atoms with Crippen molar-refractivity contribution >= 4 is 11.8 Å². The van der Waals surface area contributed by atoms with E-state index in [-0.39, 0.29) is 29.7 Å². The number of hydrogen-bond donors (Lipinski definition) is 1. The molecule has 4 nitrogen and oxygen atoms in total. The number of hydrogen-bond acceptors (Lipinski definition) is 4. The van der Waals surface area contributed by atoms with E-state index in [9.17, 15) is 14.7 Å². The highest BCUT2D eigenvalue weighted by Crippen LogP contribution is 2.57. The molecule has 1 saturated heterocycles. The molecule has 0 aromatic rings. The van der Waals surface area contributed by atoms with Crippen LogP contribution in [0.5, 0.6) is 0 Å². The van der Waals surface area contributed by atoms with Crippen molar-refractivity contribution < 1.29 is 19.4 Å². The van der Waals surface area contributed by atoms with Crippen molar-refractivity contribution in [2.45, 2.75) is 51.2 Å². The molecule has 0 bridgehead atoms. The summed E-state index contributed by atoms with van der Waals surface area (Å²) in [5, 5.41) is 11.0. The van der Waals surface area contributed by atoms with Gasteiger partial charge in [-0.15, -0.1) is 0 Å². The molecule has 0 amide bonds. The van der Waals surface area contributed by atoms with Crippen molar-refractivity contribution in [1.29, 1.82) is 0 Å². The minimum absolute atomic E-state index is 0.0577. The smallest absolute Gasteiger partial charge is 0.334 e. The highest BCUT2D eigenvalue weighted by Gasteiger charge is 2.63. The van der Waals surface area contributed by atoms with Crippen LogP contribution in [0.4, 0.5) is 0 Å². The van der Waals surface area contributed by atoms with E-state index in [2.05, 4.69) is 6.58 Å². The second kappa shape index (κ2) is 3.69. The first kappa shape index (κ1) is 12.9. The SMILES string of the molecule is C=C1C(=O)O[C@@H]2C[C@H](C)[C@@]3(O)CCC(=O)[C@]3(C)C[C@@H]12. The molecule has 1 heterocycles. The van der Waals surface area contributed by atoms with E-state index >= 15 is 0 Å². The second-order valence-corrected chi connectivity index (χ2v) is 6.60. The van der Waals surface area contributed by atoms with Crippen molar-refractivity contribution in [2.75, 3.05) is 0 Å². The molecular formula is C15H20O4. The Balaban J connectivity index is 2.05. The minimum Gasteiger partial charge on any atom is -0.458 e. The molecular weight excluding hydrogens is 244 g/mol. The van der Waals surface area contributed by atoms with Gasteiger partial charge in [-0.3, -0.25) is 4.79 Å². The number of rotatable bonds is 0. The Hall–Kier alpha value is -1.16. The monoisotopic (exact) mass is 264 g/mol. The Morgan fingerprint density at radius 3 is 2.79 bits per heavy atom. The zero-order chi connectivity index (χ0) is 14.0. The van der Waals surface area contributed by atoms with Crippen molar-refractivity contribution in [3.63, 3.8) is 0 Å². The minimum atomic E-state index is -0.971. The van der Waals surface area contributed by atoms with E-state index in [4.69, 9.17) is 4.74 Å². The molecule has 1 aliphatic heterocycles. The number of esters is 1. The number of ether oxygens (including phenoxy) is 1. The maximum absolute atomic E-state index is 12.3. The highest BCUT2D eigenvalue weighted by molar-refractivity contribution is 5.92. The molecule has 2 saturated carbocycles. The molecule has 0 spiro atoms. The van der Waals surface area contributed by atoms with Gasteiger partial charge in [-0.1, -0.05) is 13.5 Å². The zero-order valence-electron chi connectivity index (χ0n) is 11.4. The van der Waals surface area contributed by atoms with Crippen molar-refractivity contribution in [2.24, 2.45) is 17.3 Å². The molecule has 0 unspecified atom stereocenters. The number of aliphatic hydroxyl groups is 1. The van der Waals surface area contributed by atoms with E-state index < -0.39 is 11.0 Å². The summed E-state index contributed by atoms with van der Waals surface area (Å²) < 4.78 is 5.36. The number of carbonyl (C=O) groups is 2. The van der Waals surface area contributed by atoms with Crippen LogP contribution in [0.3, 0.4) is 0 Å².